The number of hydrogen-bond acceptors (Lipinski definition) is 2. The monoisotopic (exact) mass is 282 g/mol. The summed E-state index contributed by atoms with van der Waals surface area (Å²) in [7, 11) is 2.18. The fraction of sp³-hybridized carbons (Fsp3) is 0.364. The minimum atomic E-state index is -4.58. The van der Waals surface area contributed by atoms with Gasteiger partial charge in [0.25, 0.3) is 5.91 Å². The Morgan fingerprint density at radius 1 is 1.26 bits per heavy atom. The van der Waals surface area contributed by atoms with Crippen molar-refractivity contribution in [3.05, 3.63) is 29.3 Å². The van der Waals surface area contributed by atoms with Crippen LogP contribution in [0.25, 0.3) is 0 Å². The molecule has 1 aromatic carbocycles. The van der Waals surface area contributed by atoms with Gasteiger partial charge in [-0.3, -0.25) is 4.79 Å². The van der Waals surface area contributed by atoms with Crippen LogP contribution >= 0.6 is 0 Å². The van der Waals surface area contributed by atoms with E-state index in [4.69, 9.17) is 0 Å². The van der Waals surface area contributed by atoms with Crippen LogP contribution in [-0.4, -0.2) is 37.6 Å². The molecule has 0 aromatic heterocycles. The fourth-order valence-corrected chi connectivity index (χ4v) is 1.50. The third-order valence-electron chi connectivity index (χ3n) is 2.30. The highest BCUT2D eigenvalue weighted by Gasteiger charge is 2.31. The Balaban J connectivity index is 3.01. The number of carbonyl (C=O) groups is 1. The average Bonchev–Trinajstić information content (AvgIpc) is 2.25. The Morgan fingerprint density at radius 2 is 1.74 bits per heavy atom. The fourth-order valence-electron chi connectivity index (χ4n) is 1.50. The maximum absolute atomic E-state index is 13.4. The predicted octanol–water partition coefficient (Wildman–Crippen LogP) is 2.64. The van der Waals surface area contributed by atoms with Gasteiger partial charge in [0.05, 0.1) is 0 Å². The molecular weight excluding hydrogens is 271 g/mol. The summed E-state index contributed by atoms with van der Waals surface area (Å²) in [6, 6.07) is 1.37. The molecule has 0 heterocycles. The zero-order valence-electron chi connectivity index (χ0n) is 10.1. The summed E-state index contributed by atoms with van der Waals surface area (Å²) < 4.78 is 63.1. The highest BCUT2D eigenvalue weighted by Crippen LogP contribution is 2.22. The first kappa shape index (κ1) is 15.2. The van der Waals surface area contributed by atoms with Gasteiger partial charge in [-0.1, -0.05) is 0 Å². The largest absolute Gasteiger partial charge is 0.406 e. The number of rotatable bonds is 3. The maximum Gasteiger partial charge on any atom is 0.406 e. The highest BCUT2D eigenvalue weighted by atomic mass is 19.4. The molecule has 0 atom stereocenters. The molecule has 0 spiro atoms. The summed E-state index contributed by atoms with van der Waals surface area (Å²) in [4.78, 5) is 11.9. The second kappa shape index (κ2) is 5.41. The van der Waals surface area contributed by atoms with E-state index < -0.39 is 41.5 Å². The van der Waals surface area contributed by atoms with E-state index in [0.717, 1.165) is 7.05 Å². The molecule has 106 valence electrons. The van der Waals surface area contributed by atoms with Gasteiger partial charge in [0.2, 0.25) is 0 Å². The number of alkyl halides is 3. The number of hydrogen-bond donors (Lipinski definition) is 1. The Morgan fingerprint density at radius 3 is 2.11 bits per heavy atom. The van der Waals surface area contributed by atoms with E-state index in [0.29, 0.717) is 17.0 Å². The summed E-state index contributed by atoms with van der Waals surface area (Å²) >= 11 is 0. The summed E-state index contributed by atoms with van der Waals surface area (Å²) in [5.74, 6) is -3.21. The van der Waals surface area contributed by atoms with E-state index in [1.54, 1.807) is 0 Å². The number of benzene rings is 1. The summed E-state index contributed by atoms with van der Waals surface area (Å²) in [5.41, 5.74) is -0.934. The molecule has 0 saturated carbocycles. The Kier molecular flexibility index (Phi) is 4.33. The summed E-state index contributed by atoms with van der Waals surface area (Å²) in [6.07, 6.45) is -4.58. The molecule has 0 aliphatic rings. The third-order valence-corrected chi connectivity index (χ3v) is 2.30. The topological polar surface area (TPSA) is 32.3 Å². The minimum Gasteiger partial charge on any atom is -0.383 e. The van der Waals surface area contributed by atoms with Crippen molar-refractivity contribution < 1.29 is 26.7 Å². The van der Waals surface area contributed by atoms with Gasteiger partial charge >= 0.3 is 6.18 Å². The molecule has 8 heteroatoms. The van der Waals surface area contributed by atoms with Crippen molar-refractivity contribution >= 4 is 11.6 Å². The van der Waals surface area contributed by atoms with Crippen LogP contribution < -0.4 is 5.32 Å². The second-order valence-corrected chi connectivity index (χ2v) is 3.84. The predicted molar refractivity (Wildman–Crippen MR) is 58.9 cm³/mol. The zero-order valence-corrected chi connectivity index (χ0v) is 10.1. The lowest BCUT2D eigenvalue weighted by Crippen LogP contribution is -2.35. The number of nitrogens with zero attached hydrogens (tertiary/aromatic N) is 1. The van der Waals surface area contributed by atoms with Crippen LogP contribution in [0.4, 0.5) is 27.6 Å². The smallest absolute Gasteiger partial charge is 0.383 e. The summed E-state index contributed by atoms with van der Waals surface area (Å²) in [5, 5.41) is 2.24. The Hall–Kier alpha value is -1.86. The van der Waals surface area contributed by atoms with Crippen molar-refractivity contribution in [1.29, 1.82) is 0 Å². The number of nitrogens with one attached hydrogen (secondary N) is 1. The lowest BCUT2D eigenvalue weighted by atomic mass is 10.1. The van der Waals surface area contributed by atoms with Crippen molar-refractivity contribution in [2.75, 3.05) is 26.0 Å². The van der Waals surface area contributed by atoms with Crippen LogP contribution in [0.15, 0.2) is 12.1 Å². The number of carbonyl (C=O) groups excluding carboxylic acids is 1. The van der Waals surface area contributed by atoms with Crippen molar-refractivity contribution in [1.82, 2.24) is 4.90 Å². The lowest BCUT2D eigenvalue weighted by molar-refractivity contribution is -0.138. The highest BCUT2D eigenvalue weighted by molar-refractivity contribution is 5.94. The first-order valence-electron chi connectivity index (χ1n) is 5.14. The molecule has 0 fully saturated rings. The van der Waals surface area contributed by atoms with Gasteiger partial charge in [0.15, 0.2) is 0 Å². The van der Waals surface area contributed by atoms with Crippen LogP contribution in [0.1, 0.15) is 10.4 Å². The third kappa shape index (κ3) is 3.80. The van der Waals surface area contributed by atoms with Crippen LogP contribution in [-0.2, 0) is 0 Å². The van der Waals surface area contributed by atoms with E-state index in [-0.39, 0.29) is 0 Å². The molecule has 0 aliphatic carbocycles. The van der Waals surface area contributed by atoms with E-state index in [9.17, 15) is 26.7 Å². The first-order chi connectivity index (χ1) is 8.65. The molecule has 1 N–H and O–H groups in total. The molecule has 0 aliphatic heterocycles. The van der Waals surface area contributed by atoms with Crippen LogP contribution in [0.2, 0.25) is 0 Å². The molecule has 0 unspecified atom stereocenters. The van der Waals surface area contributed by atoms with E-state index >= 15 is 0 Å². The van der Waals surface area contributed by atoms with Crippen LogP contribution in [0, 0.1) is 11.6 Å². The van der Waals surface area contributed by atoms with Crippen LogP contribution in [0.5, 0.6) is 0 Å². The molecule has 19 heavy (non-hydrogen) atoms. The molecule has 0 bridgehead atoms. The average molecular weight is 282 g/mol. The standard InChI is InChI=1S/C11H11F5N2O/c1-17-9-7(12)3-6(4-8(9)13)10(19)18(2)5-11(14,15)16/h3-4,17H,5H2,1-2H3. The number of anilines is 1. The van der Waals surface area contributed by atoms with Crippen molar-refractivity contribution in [3.8, 4) is 0 Å². The quantitative estimate of drug-likeness (QED) is 0.864. The normalized spacial score (nSPS) is 11.3. The van der Waals surface area contributed by atoms with Crippen molar-refractivity contribution in [2.24, 2.45) is 0 Å². The molecule has 0 radical (unpaired) electrons. The Bertz CT molecular complexity index is 463. The SMILES string of the molecule is CNc1c(F)cc(C(=O)N(C)CC(F)(F)F)cc1F. The Labute approximate surface area is 106 Å². The molecule has 1 rings (SSSR count). The number of amides is 1. The second-order valence-electron chi connectivity index (χ2n) is 3.84. The van der Waals surface area contributed by atoms with E-state index in [1.807, 2.05) is 0 Å². The molecule has 3 nitrogen and oxygen atoms in total. The molecule has 1 aromatic rings. The summed E-state index contributed by atoms with van der Waals surface area (Å²) in [6.45, 7) is -1.50. The van der Waals surface area contributed by atoms with Gasteiger partial charge in [0, 0.05) is 19.7 Å². The van der Waals surface area contributed by atoms with Gasteiger partial charge in [-0.2, -0.15) is 13.2 Å². The van der Waals surface area contributed by atoms with E-state index in [1.165, 1.54) is 7.05 Å². The van der Waals surface area contributed by atoms with Gasteiger partial charge in [-0.05, 0) is 12.1 Å². The van der Waals surface area contributed by atoms with Gasteiger partial charge < -0.3 is 10.2 Å². The number of halogens is 5. The lowest BCUT2D eigenvalue weighted by Gasteiger charge is -2.19. The molecule has 1 amide bonds. The van der Waals surface area contributed by atoms with Crippen LogP contribution in [0.3, 0.4) is 0 Å². The first-order valence-corrected chi connectivity index (χ1v) is 5.14. The molecule has 0 saturated heterocycles. The van der Waals surface area contributed by atoms with Gasteiger partial charge in [-0.15, -0.1) is 0 Å². The van der Waals surface area contributed by atoms with E-state index in [2.05, 4.69) is 5.32 Å². The van der Waals surface area contributed by atoms with Gasteiger partial charge in [0.1, 0.15) is 23.9 Å². The molecular formula is C11H11F5N2O. The van der Waals surface area contributed by atoms with Gasteiger partial charge in [-0.25, -0.2) is 8.78 Å². The van der Waals surface area contributed by atoms with Crippen molar-refractivity contribution in [2.45, 2.75) is 6.18 Å². The van der Waals surface area contributed by atoms with Crippen molar-refractivity contribution in [3.63, 3.8) is 0 Å². The minimum absolute atomic E-state index is 0.341. The maximum atomic E-state index is 13.4. The zero-order chi connectivity index (χ0) is 14.8.